The molecule has 0 bridgehead atoms. The van der Waals surface area contributed by atoms with E-state index < -0.39 is 0 Å². The predicted octanol–water partition coefficient (Wildman–Crippen LogP) is 6.80. The largest absolute Gasteiger partial charge is 0.307 e. The molecule has 0 N–H and O–H groups in total. The second-order valence-corrected chi connectivity index (χ2v) is 11.8. The van der Waals surface area contributed by atoms with Crippen molar-refractivity contribution in [3.05, 3.63) is 100 Å². The first-order chi connectivity index (χ1) is 16.6. The third-order valence-electron chi connectivity index (χ3n) is 8.02. The maximum atomic E-state index is 13.7. The molecule has 3 heteroatoms. The molecule has 0 unspecified atom stereocenters. The molecule has 1 saturated heterocycles. The van der Waals surface area contributed by atoms with Crippen LogP contribution in [0.5, 0.6) is 0 Å². The third kappa shape index (κ3) is 4.67. The van der Waals surface area contributed by atoms with Crippen molar-refractivity contribution in [2.45, 2.75) is 64.8 Å². The van der Waals surface area contributed by atoms with Gasteiger partial charge in [0.25, 0.3) is 5.91 Å². The zero-order valence-electron chi connectivity index (χ0n) is 21.9. The molecule has 0 aliphatic carbocycles. The van der Waals surface area contributed by atoms with Crippen molar-refractivity contribution in [3.8, 4) is 0 Å². The van der Waals surface area contributed by atoms with Gasteiger partial charge in [0.15, 0.2) is 0 Å². The van der Waals surface area contributed by atoms with Gasteiger partial charge in [-0.25, -0.2) is 0 Å². The quantitative estimate of drug-likeness (QED) is 0.424. The van der Waals surface area contributed by atoms with E-state index in [1.807, 2.05) is 12.1 Å². The van der Waals surface area contributed by atoms with Crippen LogP contribution < -0.4 is 4.90 Å². The average molecular weight is 467 g/mol. The van der Waals surface area contributed by atoms with E-state index in [1.165, 1.54) is 27.8 Å². The Morgan fingerprint density at radius 1 is 0.886 bits per heavy atom. The zero-order chi connectivity index (χ0) is 24.8. The van der Waals surface area contributed by atoms with Gasteiger partial charge in [-0.1, -0.05) is 80.4 Å². The van der Waals surface area contributed by atoms with E-state index in [4.69, 9.17) is 0 Å². The van der Waals surface area contributed by atoms with Crippen molar-refractivity contribution in [1.29, 1.82) is 0 Å². The van der Waals surface area contributed by atoms with Gasteiger partial charge in [0.1, 0.15) is 0 Å². The lowest BCUT2D eigenvalue weighted by Crippen LogP contribution is -2.45. The van der Waals surface area contributed by atoms with E-state index >= 15 is 0 Å². The highest BCUT2D eigenvalue weighted by Gasteiger charge is 2.46. The van der Waals surface area contributed by atoms with Gasteiger partial charge in [-0.3, -0.25) is 9.69 Å². The lowest BCUT2D eigenvalue weighted by Gasteiger charge is -2.40. The molecular formula is C32H38N2O. The van der Waals surface area contributed by atoms with Gasteiger partial charge in [0, 0.05) is 29.8 Å². The van der Waals surface area contributed by atoms with Gasteiger partial charge >= 0.3 is 0 Å². The second kappa shape index (κ2) is 8.95. The lowest BCUT2D eigenvalue weighted by atomic mass is 9.74. The van der Waals surface area contributed by atoms with E-state index in [-0.39, 0.29) is 16.7 Å². The molecule has 5 rings (SSSR count). The first-order valence-electron chi connectivity index (χ1n) is 13.0. The summed E-state index contributed by atoms with van der Waals surface area (Å²) >= 11 is 0. The summed E-state index contributed by atoms with van der Waals surface area (Å²) in [6.07, 6.45) is 2.17. The van der Waals surface area contributed by atoms with E-state index in [9.17, 15) is 4.79 Å². The van der Waals surface area contributed by atoms with Crippen LogP contribution in [0, 0.1) is 13.8 Å². The van der Waals surface area contributed by atoms with Gasteiger partial charge in [0.2, 0.25) is 0 Å². The number of fused-ring (bicyclic) bond motifs is 2. The van der Waals surface area contributed by atoms with Crippen molar-refractivity contribution in [1.82, 2.24) is 4.90 Å². The molecule has 3 aromatic rings. The zero-order valence-corrected chi connectivity index (χ0v) is 21.9. The number of amides is 1. The number of hydrogen-bond acceptors (Lipinski definition) is 2. The molecule has 2 aliphatic heterocycles. The Hall–Kier alpha value is -2.91. The summed E-state index contributed by atoms with van der Waals surface area (Å²) in [6.45, 7) is 14.8. The highest BCUT2D eigenvalue weighted by molar-refractivity contribution is 6.07. The number of piperidine rings is 1. The van der Waals surface area contributed by atoms with Crippen molar-refractivity contribution in [2.75, 3.05) is 24.5 Å². The molecule has 1 fully saturated rings. The van der Waals surface area contributed by atoms with Crippen LogP contribution in [-0.4, -0.2) is 30.4 Å². The number of rotatable bonds is 3. The molecule has 0 radical (unpaired) electrons. The van der Waals surface area contributed by atoms with Gasteiger partial charge in [0.05, 0.1) is 0 Å². The number of likely N-dealkylation sites (tertiary alicyclic amines) is 1. The number of hydrogen-bond donors (Lipinski definition) is 0. The molecule has 3 nitrogen and oxygen atoms in total. The average Bonchev–Trinajstić information content (AvgIpc) is 3.13. The molecule has 1 amide bonds. The number of anilines is 1. The summed E-state index contributed by atoms with van der Waals surface area (Å²) in [4.78, 5) is 18.4. The third-order valence-corrected chi connectivity index (χ3v) is 8.02. The fourth-order valence-corrected chi connectivity index (χ4v) is 5.87. The van der Waals surface area contributed by atoms with Gasteiger partial charge in [-0.2, -0.15) is 0 Å². The minimum atomic E-state index is 0.0471. The van der Waals surface area contributed by atoms with Crippen molar-refractivity contribution >= 4 is 11.6 Å². The molecule has 0 atom stereocenters. The Kier molecular flexibility index (Phi) is 6.09. The fraction of sp³-hybridized carbons (Fsp3) is 0.406. The minimum Gasteiger partial charge on any atom is -0.307 e. The molecule has 0 saturated carbocycles. The Morgan fingerprint density at radius 3 is 2.23 bits per heavy atom. The fourth-order valence-electron chi connectivity index (χ4n) is 5.87. The predicted molar refractivity (Wildman–Crippen MR) is 145 cm³/mol. The lowest BCUT2D eigenvalue weighted by molar-refractivity contribution is 0.0975. The van der Waals surface area contributed by atoms with Crippen LogP contribution in [0.2, 0.25) is 0 Å². The van der Waals surface area contributed by atoms with Crippen LogP contribution >= 0.6 is 0 Å². The van der Waals surface area contributed by atoms with Gasteiger partial charge < -0.3 is 4.90 Å². The Balaban J connectivity index is 1.37. The standard InChI is InChI=1S/C32H38N2O/c1-23-7-6-8-25(19-23)21-33-17-15-32(16-18-33)22-34(29-14-9-24(2)20-28(29)32)30(35)26-10-12-27(13-11-26)31(3,4)5/h6-14,19-20H,15-18,21-22H2,1-5H3. The summed E-state index contributed by atoms with van der Waals surface area (Å²) in [5.41, 5.74) is 8.61. The first-order valence-corrected chi connectivity index (χ1v) is 13.0. The monoisotopic (exact) mass is 466 g/mol. The summed E-state index contributed by atoms with van der Waals surface area (Å²) in [7, 11) is 0. The van der Waals surface area contributed by atoms with E-state index in [0.29, 0.717) is 0 Å². The molecule has 2 heterocycles. The number of carbonyl (C=O) groups excluding carboxylic acids is 1. The number of nitrogens with zero attached hydrogens (tertiary/aromatic N) is 2. The van der Waals surface area contributed by atoms with Crippen molar-refractivity contribution in [2.24, 2.45) is 0 Å². The van der Waals surface area contributed by atoms with Crippen LogP contribution in [0.15, 0.2) is 66.7 Å². The van der Waals surface area contributed by atoms with Crippen molar-refractivity contribution in [3.63, 3.8) is 0 Å². The molecule has 35 heavy (non-hydrogen) atoms. The summed E-state index contributed by atoms with van der Waals surface area (Å²) in [5.74, 6) is 0.120. The Bertz CT molecular complexity index is 1230. The molecule has 182 valence electrons. The topological polar surface area (TPSA) is 23.6 Å². The van der Waals surface area contributed by atoms with E-state index in [1.54, 1.807) is 0 Å². The SMILES string of the molecule is Cc1cccc(CN2CCC3(CC2)CN(C(=O)c2ccc(C(C)(C)C)cc2)c2ccc(C)cc23)c1. The van der Waals surface area contributed by atoms with Crippen LogP contribution in [0.4, 0.5) is 5.69 Å². The maximum Gasteiger partial charge on any atom is 0.258 e. The smallest absolute Gasteiger partial charge is 0.258 e. The summed E-state index contributed by atoms with van der Waals surface area (Å²) in [6, 6.07) is 23.7. The van der Waals surface area contributed by atoms with E-state index in [2.05, 4.69) is 99.0 Å². The highest BCUT2D eigenvalue weighted by atomic mass is 16.2. The Morgan fingerprint density at radius 2 is 1.57 bits per heavy atom. The molecule has 3 aromatic carbocycles. The van der Waals surface area contributed by atoms with Crippen molar-refractivity contribution < 1.29 is 4.79 Å². The normalized spacial score (nSPS) is 17.6. The van der Waals surface area contributed by atoms with Gasteiger partial charge in [-0.15, -0.1) is 0 Å². The highest BCUT2D eigenvalue weighted by Crippen LogP contribution is 2.48. The second-order valence-electron chi connectivity index (χ2n) is 11.8. The van der Waals surface area contributed by atoms with E-state index in [0.717, 1.165) is 50.3 Å². The summed E-state index contributed by atoms with van der Waals surface area (Å²) < 4.78 is 0. The van der Waals surface area contributed by atoms with Crippen LogP contribution in [-0.2, 0) is 17.4 Å². The number of carbonyl (C=O) groups is 1. The van der Waals surface area contributed by atoms with Crippen LogP contribution in [0.1, 0.15) is 71.8 Å². The molecular weight excluding hydrogens is 428 g/mol. The molecule has 2 aliphatic rings. The Labute approximate surface area is 210 Å². The number of benzene rings is 3. The number of aryl methyl sites for hydroxylation is 2. The molecule has 1 spiro atoms. The van der Waals surface area contributed by atoms with Crippen LogP contribution in [0.25, 0.3) is 0 Å². The van der Waals surface area contributed by atoms with Gasteiger partial charge in [-0.05, 0) is 80.1 Å². The maximum absolute atomic E-state index is 13.7. The minimum absolute atomic E-state index is 0.0471. The molecule has 0 aromatic heterocycles. The van der Waals surface area contributed by atoms with Crippen LogP contribution in [0.3, 0.4) is 0 Å². The first kappa shape index (κ1) is 23.8. The summed E-state index contributed by atoms with van der Waals surface area (Å²) in [5, 5.41) is 0.